The van der Waals surface area contributed by atoms with E-state index in [4.69, 9.17) is 13.4 Å². The minimum atomic E-state index is -3.74. The van der Waals surface area contributed by atoms with E-state index < -0.39 is 19.9 Å². The van der Waals surface area contributed by atoms with Crippen LogP contribution in [0.3, 0.4) is 0 Å². The molecule has 0 spiro atoms. The van der Waals surface area contributed by atoms with Crippen LogP contribution in [0.25, 0.3) is 33.4 Å². The minimum Gasteiger partial charge on any atom is -0.366 e. The van der Waals surface area contributed by atoms with Crippen LogP contribution >= 0.6 is 0 Å². The topological polar surface area (TPSA) is 111 Å². The van der Waals surface area contributed by atoms with Crippen molar-refractivity contribution in [3.63, 3.8) is 0 Å². The van der Waals surface area contributed by atoms with E-state index in [9.17, 15) is 12.6 Å². The fourth-order valence-corrected chi connectivity index (χ4v) is 8.42. The normalized spacial score (nSPS) is 16.2. The van der Waals surface area contributed by atoms with Gasteiger partial charge in [0.25, 0.3) is 10.1 Å². The molecule has 276 valence electrons. The number of nitrogens with zero attached hydrogens (tertiary/aromatic N) is 6. The Balaban J connectivity index is 0.000000165. The maximum absolute atomic E-state index is 12.4. The smallest absolute Gasteiger partial charge is 0.297 e. The van der Waals surface area contributed by atoms with Crippen molar-refractivity contribution >= 4 is 70.5 Å². The Morgan fingerprint density at radius 1 is 0.623 bits per heavy atom. The lowest BCUT2D eigenvalue weighted by atomic mass is 10.1. The van der Waals surface area contributed by atoms with Crippen molar-refractivity contribution < 1.29 is 21.0 Å². The van der Waals surface area contributed by atoms with E-state index in [2.05, 4.69) is 92.0 Å². The summed E-state index contributed by atoms with van der Waals surface area (Å²) in [5, 5.41) is 0. The van der Waals surface area contributed by atoms with Crippen LogP contribution in [0, 0.1) is 20.8 Å². The summed E-state index contributed by atoms with van der Waals surface area (Å²) in [6, 6.07) is 27.4. The molecule has 0 radical (unpaired) electrons. The van der Waals surface area contributed by atoms with E-state index in [1.165, 1.54) is 17.4 Å². The standard InChI is InChI=1S/C22H21N3O3S.C17H19N3O2S.CH4/c1-15-3-6-19(7-4-15)29(26,27)28-18-13-24(14-18)17-9-10-25-21-11-16(2)5-8-20(21)23-22(25)12-17;1-12-4-5-15-16(8-12)20-7-6-13(9-17(20)18-15)19-10-14(11-19)22-23(2,3)21;/h3-12,18H,13-14H2,1-2H3;4-9,14H,2,10-11H2,1,3H3;1H4. The summed E-state index contributed by atoms with van der Waals surface area (Å²) in [5.41, 5.74) is 11.5. The molecule has 0 bridgehead atoms. The Morgan fingerprint density at radius 3 is 1.51 bits per heavy atom. The molecule has 0 amide bonds. The zero-order valence-corrected chi connectivity index (χ0v) is 31.1. The number of pyridine rings is 2. The molecule has 2 fully saturated rings. The van der Waals surface area contributed by atoms with Crippen molar-refractivity contribution in [3.8, 4) is 0 Å². The van der Waals surface area contributed by atoms with Gasteiger partial charge in [0.1, 0.15) is 23.5 Å². The molecule has 2 saturated heterocycles. The van der Waals surface area contributed by atoms with Crippen LogP contribution in [0.1, 0.15) is 24.1 Å². The van der Waals surface area contributed by atoms with Gasteiger partial charge >= 0.3 is 0 Å². The van der Waals surface area contributed by atoms with Crippen LogP contribution in [-0.4, -0.2) is 81.9 Å². The van der Waals surface area contributed by atoms with Crippen molar-refractivity contribution in [1.29, 1.82) is 0 Å². The Bertz CT molecular complexity index is 2690. The van der Waals surface area contributed by atoms with E-state index in [1.807, 2.05) is 31.3 Å². The van der Waals surface area contributed by atoms with Crippen LogP contribution in [0.15, 0.2) is 102 Å². The molecule has 6 heterocycles. The third-order valence-electron chi connectivity index (χ3n) is 9.43. The maximum Gasteiger partial charge on any atom is 0.297 e. The molecule has 7 aromatic rings. The fraction of sp³-hybridized carbons (Fsp3) is 0.275. The largest absolute Gasteiger partial charge is 0.366 e. The molecule has 53 heavy (non-hydrogen) atoms. The predicted molar refractivity (Wildman–Crippen MR) is 215 cm³/mol. The Morgan fingerprint density at radius 2 is 1.06 bits per heavy atom. The monoisotopic (exact) mass is 752 g/mol. The quantitative estimate of drug-likeness (QED) is 0.132. The van der Waals surface area contributed by atoms with E-state index in [0.717, 1.165) is 63.4 Å². The molecule has 3 aromatic carbocycles. The van der Waals surface area contributed by atoms with Crippen molar-refractivity contribution in [2.75, 3.05) is 42.2 Å². The van der Waals surface area contributed by atoms with Crippen LogP contribution in [-0.2, 0) is 28.3 Å². The second-order valence-electron chi connectivity index (χ2n) is 13.9. The third-order valence-corrected chi connectivity index (χ3v) is 11.5. The summed E-state index contributed by atoms with van der Waals surface area (Å²) in [6.07, 6.45) is 5.23. The first-order chi connectivity index (χ1) is 24.8. The average Bonchev–Trinajstić information content (AvgIpc) is 3.60. The van der Waals surface area contributed by atoms with Gasteiger partial charge in [-0.3, -0.25) is 17.2 Å². The molecule has 13 heteroatoms. The van der Waals surface area contributed by atoms with Crippen LogP contribution < -0.4 is 9.80 Å². The zero-order valence-electron chi connectivity index (χ0n) is 29.5. The Labute approximate surface area is 310 Å². The molecular weight excluding hydrogens is 709 g/mol. The van der Waals surface area contributed by atoms with Crippen LogP contribution in [0.4, 0.5) is 11.4 Å². The lowest BCUT2D eigenvalue weighted by molar-refractivity contribution is 0.175. The lowest BCUT2D eigenvalue weighted by Gasteiger charge is -2.40. The Hall–Kier alpha value is -4.95. The molecule has 1 unspecified atom stereocenters. The number of anilines is 2. The van der Waals surface area contributed by atoms with Crippen LogP contribution in [0.5, 0.6) is 0 Å². The molecule has 1 atom stereocenters. The number of hydrogen-bond donors (Lipinski definition) is 0. The maximum atomic E-state index is 12.4. The summed E-state index contributed by atoms with van der Waals surface area (Å²) in [7, 11) is -6.13. The molecular formula is C40H44N6O5S2. The van der Waals surface area contributed by atoms with Gasteiger partial charge in [-0.05, 0) is 86.3 Å². The zero-order chi connectivity index (χ0) is 36.4. The van der Waals surface area contributed by atoms with Gasteiger partial charge in [-0.25, -0.2) is 14.2 Å². The van der Waals surface area contributed by atoms with E-state index in [0.29, 0.717) is 13.1 Å². The first kappa shape index (κ1) is 36.4. The number of fused-ring (bicyclic) bond motifs is 6. The molecule has 2 aliphatic heterocycles. The highest BCUT2D eigenvalue weighted by molar-refractivity contribution is 7.95. The molecule has 4 aromatic heterocycles. The van der Waals surface area contributed by atoms with Gasteiger partial charge in [0, 0.05) is 68.3 Å². The molecule has 0 saturated carbocycles. The number of rotatable bonds is 7. The van der Waals surface area contributed by atoms with E-state index in [1.54, 1.807) is 24.3 Å². The van der Waals surface area contributed by atoms with Crippen molar-refractivity contribution in [2.45, 2.75) is 45.3 Å². The molecule has 0 N–H and O–H groups in total. The van der Waals surface area contributed by atoms with E-state index in [-0.39, 0.29) is 24.5 Å². The summed E-state index contributed by atoms with van der Waals surface area (Å²) in [5.74, 6) is 3.54. The molecule has 11 nitrogen and oxygen atoms in total. The fourth-order valence-electron chi connectivity index (χ4n) is 6.66. The lowest BCUT2D eigenvalue weighted by Crippen LogP contribution is -2.53. The molecule has 2 aliphatic rings. The van der Waals surface area contributed by atoms with Gasteiger partial charge < -0.3 is 9.80 Å². The highest BCUT2D eigenvalue weighted by atomic mass is 32.2. The SMILES string of the molecule is C.C=S(C)(=O)OC1CN(c2ccn3c(c2)nc2ccc(C)cc23)C1.Cc1ccc(S(=O)(=O)OC2CN(c3ccn4c(c3)nc3ccc(C)cc34)C2)cc1. The van der Waals surface area contributed by atoms with Crippen molar-refractivity contribution in [1.82, 2.24) is 18.8 Å². The van der Waals surface area contributed by atoms with E-state index >= 15 is 0 Å². The highest BCUT2D eigenvalue weighted by Crippen LogP contribution is 2.29. The number of benzene rings is 3. The van der Waals surface area contributed by atoms with Crippen molar-refractivity contribution in [2.24, 2.45) is 0 Å². The summed E-state index contributed by atoms with van der Waals surface area (Å²) in [6.45, 7) is 8.59. The number of hydrogen-bond acceptors (Lipinski definition) is 9. The second kappa shape index (κ2) is 13.8. The first-order valence-electron chi connectivity index (χ1n) is 17.1. The van der Waals surface area contributed by atoms with Gasteiger partial charge in [0.2, 0.25) is 0 Å². The van der Waals surface area contributed by atoms with Crippen molar-refractivity contribution in [3.05, 3.63) is 114 Å². The summed E-state index contributed by atoms with van der Waals surface area (Å²) in [4.78, 5) is 13.9. The second-order valence-corrected chi connectivity index (χ2v) is 17.5. The van der Waals surface area contributed by atoms with Gasteiger partial charge in [-0.15, -0.1) is 0 Å². The molecule has 9 rings (SSSR count). The minimum absolute atomic E-state index is 0. The van der Waals surface area contributed by atoms with Gasteiger partial charge in [0.05, 0.1) is 36.8 Å². The Kier molecular flexibility index (Phi) is 9.48. The first-order valence-corrected chi connectivity index (χ1v) is 20.5. The molecule has 0 aliphatic carbocycles. The number of imidazole rings is 2. The third kappa shape index (κ3) is 7.47. The van der Waals surface area contributed by atoms with Gasteiger partial charge in [-0.2, -0.15) is 8.42 Å². The average molecular weight is 753 g/mol. The highest BCUT2D eigenvalue weighted by Gasteiger charge is 2.33. The number of aromatic nitrogens is 4. The summed E-state index contributed by atoms with van der Waals surface area (Å²) < 4.78 is 51.5. The van der Waals surface area contributed by atoms with Crippen LogP contribution in [0.2, 0.25) is 0 Å². The van der Waals surface area contributed by atoms with Gasteiger partial charge in [0.15, 0.2) is 0 Å². The number of aryl methyl sites for hydroxylation is 3. The predicted octanol–water partition coefficient (Wildman–Crippen LogP) is 6.60. The van der Waals surface area contributed by atoms with Gasteiger partial charge in [-0.1, -0.05) is 37.3 Å². The summed E-state index contributed by atoms with van der Waals surface area (Å²) >= 11 is 0.